The van der Waals surface area contributed by atoms with Crippen molar-refractivity contribution in [3.05, 3.63) is 29.3 Å². The van der Waals surface area contributed by atoms with Gasteiger partial charge in [-0.15, -0.1) is 0 Å². The number of benzene rings is 1. The number of hydrogen-bond donors (Lipinski definition) is 1. The lowest BCUT2D eigenvalue weighted by Gasteiger charge is -2.19. The lowest BCUT2D eigenvalue weighted by atomic mass is 9.89. The minimum Gasteiger partial charge on any atom is -0.426 e. The minimum absolute atomic E-state index is 0.0874. The van der Waals surface area contributed by atoms with Crippen LogP contribution >= 0.6 is 11.6 Å². The molecule has 1 amide bonds. The monoisotopic (exact) mass is 365 g/mol. The summed E-state index contributed by atoms with van der Waals surface area (Å²) in [5.74, 6) is 0.667. The van der Waals surface area contributed by atoms with Crippen molar-refractivity contribution in [1.29, 1.82) is 0 Å². The van der Waals surface area contributed by atoms with Gasteiger partial charge in [-0.1, -0.05) is 50.1 Å². The fourth-order valence-corrected chi connectivity index (χ4v) is 3.55. The van der Waals surface area contributed by atoms with Crippen LogP contribution in [0.2, 0.25) is 5.02 Å². The zero-order valence-electron chi connectivity index (χ0n) is 14.7. The summed E-state index contributed by atoms with van der Waals surface area (Å²) in [6.07, 6.45) is 11.2. The average molecular weight is 366 g/mol. The molecule has 3 rings (SSSR count). The van der Waals surface area contributed by atoms with Crippen LogP contribution in [0.1, 0.15) is 64.2 Å². The number of ether oxygens (including phenoxy) is 1. The van der Waals surface area contributed by atoms with E-state index >= 15 is 0 Å². The van der Waals surface area contributed by atoms with Gasteiger partial charge in [-0.25, -0.2) is 0 Å². The normalized spacial score (nSPS) is 18.8. The molecule has 5 heteroatoms. The van der Waals surface area contributed by atoms with Crippen molar-refractivity contribution in [3.8, 4) is 5.75 Å². The van der Waals surface area contributed by atoms with E-state index in [1.165, 1.54) is 25.7 Å². The van der Waals surface area contributed by atoms with Crippen LogP contribution in [0.4, 0.5) is 0 Å². The Labute approximate surface area is 155 Å². The molecule has 25 heavy (non-hydrogen) atoms. The summed E-state index contributed by atoms with van der Waals surface area (Å²) >= 11 is 5.76. The third kappa shape index (κ3) is 7.07. The maximum atomic E-state index is 11.8. The van der Waals surface area contributed by atoms with Crippen molar-refractivity contribution < 1.29 is 14.3 Å². The predicted molar refractivity (Wildman–Crippen MR) is 99.4 cm³/mol. The zero-order valence-corrected chi connectivity index (χ0v) is 15.5. The second-order valence-electron chi connectivity index (χ2n) is 6.95. The van der Waals surface area contributed by atoms with E-state index in [0.717, 1.165) is 38.5 Å². The number of rotatable bonds is 3. The third-order valence-corrected chi connectivity index (χ3v) is 5.23. The van der Waals surface area contributed by atoms with E-state index in [0.29, 0.717) is 10.8 Å². The second kappa shape index (κ2) is 10.4. The highest BCUT2D eigenvalue weighted by molar-refractivity contribution is 6.30. The van der Waals surface area contributed by atoms with Gasteiger partial charge in [0.2, 0.25) is 5.91 Å². The van der Waals surface area contributed by atoms with E-state index in [4.69, 9.17) is 22.1 Å². The molecule has 1 aromatic carbocycles. The predicted octanol–water partition coefficient (Wildman–Crippen LogP) is 4.88. The van der Waals surface area contributed by atoms with Gasteiger partial charge < -0.3 is 10.5 Å². The molecule has 2 N–H and O–H groups in total. The van der Waals surface area contributed by atoms with E-state index in [1.54, 1.807) is 24.3 Å². The second-order valence-corrected chi connectivity index (χ2v) is 7.38. The number of hydrogen-bond acceptors (Lipinski definition) is 3. The summed E-state index contributed by atoms with van der Waals surface area (Å²) in [4.78, 5) is 22.4. The van der Waals surface area contributed by atoms with Crippen LogP contribution in [0.5, 0.6) is 5.75 Å². The Kier molecular flexibility index (Phi) is 8.26. The van der Waals surface area contributed by atoms with Crippen molar-refractivity contribution in [2.24, 2.45) is 17.6 Å². The van der Waals surface area contributed by atoms with Gasteiger partial charge >= 0.3 is 5.97 Å². The molecule has 1 aromatic rings. The molecule has 0 heterocycles. The van der Waals surface area contributed by atoms with Gasteiger partial charge in [-0.05, 0) is 49.9 Å². The molecule has 0 spiro atoms. The Morgan fingerprint density at radius 1 is 0.840 bits per heavy atom. The number of carbonyl (C=O) groups is 2. The molecule has 2 aliphatic rings. The van der Waals surface area contributed by atoms with Crippen LogP contribution < -0.4 is 10.5 Å². The van der Waals surface area contributed by atoms with Crippen molar-refractivity contribution in [2.75, 3.05) is 0 Å². The third-order valence-electron chi connectivity index (χ3n) is 4.98. The molecule has 0 saturated heterocycles. The molecule has 2 saturated carbocycles. The smallest absolute Gasteiger partial charge is 0.314 e. The molecular weight excluding hydrogens is 338 g/mol. The summed E-state index contributed by atoms with van der Waals surface area (Å²) in [5, 5.41) is 0.650. The molecule has 138 valence electrons. The number of primary amides is 1. The molecule has 2 aliphatic carbocycles. The van der Waals surface area contributed by atoms with Gasteiger partial charge in [-0.2, -0.15) is 0 Å². The van der Waals surface area contributed by atoms with E-state index in [-0.39, 0.29) is 23.7 Å². The SMILES string of the molecule is NC(=O)C1CCCCC1.O=C(Oc1ccc(Cl)cc1)C1CCCCC1. The Bertz CT molecular complexity index is 547. The highest BCUT2D eigenvalue weighted by atomic mass is 35.5. The number of nitrogens with two attached hydrogens (primary N) is 1. The Balaban J connectivity index is 0.000000212. The van der Waals surface area contributed by atoms with Crippen LogP contribution in [0.3, 0.4) is 0 Å². The van der Waals surface area contributed by atoms with Crippen LogP contribution in [0.25, 0.3) is 0 Å². The Hall–Kier alpha value is -1.55. The molecule has 4 nitrogen and oxygen atoms in total. The van der Waals surface area contributed by atoms with E-state index in [9.17, 15) is 9.59 Å². The van der Waals surface area contributed by atoms with Gasteiger partial charge in [0, 0.05) is 10.9 Å². The first-order valence-corrected chi connectivity index (χ1v) is 9.70. The summed E-state index contributed by atoms with van der Waals surface area (Å²) in [6, 6.07) is 6.90. The van der Waals surface area contributed by atoms with Crippen molar-refractivity contribution in [1.82, 2.24) is 0 Å². The molecule has 0 bridgehead atoms. The highest BCUT2D eigenvalue weighted by Crippen LogP contribution is 2.26. The fourth-order valence-electron chi connectivity index (χ4n) is 3.43. The van der Waals surface area contributed by atoms with Gasteiger partial charge in [0.1, 0.15) is 5.75 Å². The van der Waals surface area contributed by atoms with Gasteiger partial charge in [0.15, 0.2) is 0 Å². The summed E-state index contributed by atoms with van der Waals surface area (Å²) in [7, 11) is 0. The number of carbonyl (C=O) groups excluding carboxylic acids is 2. The van der Waals surface area contributed by atoms with Crippen LogP contribution in [-0.4, -0.2) is 11.9 Å². The van der Waals surface area contributed by atoms with Gasteiger partial charge in [0.05, 0.1) is 5.92 Å². The van der Waals surface area contributed by atoms with Crippen molar-refractivity contribution in [2.45, 2.75) is 64.2 Å². The first-order chi connectivity index (χ1) is 12.1. The first-order valence-electron chi connectivity index (χ1n) is 9.33. The van der Waals surface area contributed by atoms with Gasteiger partial charge in [-0.3, -0.25) is 9.59 Å². The lowest BCUT2D eigenvalue weighted by molar-refractivity contribution is -0.140. The van der Waals surface area contributed by atoms with Gasteiger partial charge in [0.25, 0.3) is 0 Å². The maximum absolute atomic E-state index is 11.8. The molecule has 0 unspecified atom stereocenters. The van der Waals surface area contributed by atoms with Crippen molar-refractivity contribution >= 4 is 23.5 Å². The molecular formula is C20H28ClNO3. The highest BCUT2D eigenvalue weighted by Gasteiger charge is 2.22. The summed E-state index contributed by atoms with van der Waals surface area (Å²) in [6.45, 7) is 0. The molecule has 0 aliphatic heterocycles. The van der Waals surface area contributed by atoms with E-state index in [2.05, 4.69) is 0 Å². The molecule has 0 aromatic heterocycles. The Morgan fingerprint density at radius 3 is 1.76 bits per heavy atom. The topological polar surface area (TPSA) is 69.4 Å². The summed E-state index contributed by atoms with van der Waals surface area (Å²) < 4.78 is 5.31. The largest absolute Gasteiger partial charge is 0.426 e. The lowest BCUT2D eigenvalue weighted by Crippen LogP contribution is -2.24. The van der Waals surface area contributed by atoms with E-state index < -0.39 is 0 Å². The molecule has 0 atom stereocenters. The summed E-state index contributed by atoms with van der Waals surface area (Å²) in [5.41, 5.74) is 5.13. The number of esters is 1. The number of halogens is 1. The van der Waals surface area contributed by atoms with Crippen molar-refractivity contribution in [3.63, 3.8) is 0 Å². The standard InChI is InChI=1S/C13H15ClO2.C7H13NO/c14-11-6-8-12(9-7-11)16-13(15)10-4-2-1-3-5-10;8-7(9)6-4-2-1-3-5-6/h6-10H,1-5H2;6H,1-5H2,(H2,8,9). The minimum atomic E-state index is -0.102. The first kappa shape index (κ1) is 19.8. The van der Waals surface area contributed by atoms with Crippen LogP contribution in [-0.2, 0) is 9.59 Å². The fraction of sp³-hybridized carbons (Fsp3) is 0.600. The molecule has 2 fully saturated rings. The quantitative estimate of drug-likeness (QED) is 0.613. The van der Waals surface area contributed by atoms with Crippen LogP contribution in [0.15, 0.2) is 24.3 Å². The Morgan fingerprint density at radius 2 is 1.32 bits per heavy atom. The zero-order chi connectivity index (χ0) is 18.1. The van der Waals surface area contributed by atoms with Crippen LogP contribution in [0, 0.1) is 11.8 Å². The molecule has 0 radical (unpaired) electrons. The number of amides is 1. The maximum Gasteiger partial charge on any atom is 0.314 e. The average Bonchev–Trinajstić information content (AvgIpc) is 2.65. The van der Waals surface area contributed by atoms with E-state index in [1.807, 2.05) is 0 Å².